The van der Waals surface area contributed by atoms with Crippen LogP contribution in [0.3, 0.4) is 0 Å². The molecular weight excluding hydrogens is 408 g/mol. The number of nitrogens with zero attached hydrogens (tertiary/aromatic N) is 2. The first-order valence-corrected chi connectivity index (χ1v) is 11.0. The average Bonchev–Trinajstić information content (AvgIpc) is 3.08. The van der Waals surface area contributed by atoms with Crippen molar-refractivity contribution in [3.05, 3.63) is 75.1 Å². The molecule has 1 fully saturated rings. The van der Waals surface area contributed by atoms with Crippen LogP contribution < -0.4 is 5.43 Å². The molecule has 3 heterocycles. The number of rotatable bonds is 5. The fraction of sp³-hybridized carbons (Fsp3) is 0.360. The zero-order chi connectivity index (χ0) is 22.2. The van der Waals surface area contributed by atoms with E-state index in [0.29, 0.717) is 23.1 Å². The number of amides is 1. The fourth-order valence-electron chi connectivity index (χ4n) is 4.66. The summed E-state index contributed by atoms with van der Waals surface area (Å²) in [5.74, 6) is -0.00577. The van der Waals surface area contributed by atoms with Crippen LogP contribution in [0.25, 0.3) is 11.0 Å². The molecule has 1 N–H and O–H groups in total. The summed E-state index contributed by atoms with van der Waals surface area (Å²) < 4.78 is 11.4. The van der Waals surface area contributed by atoms with E-state index in [-0.39, 0.29) is 22.8 Å². The monoisotopic (exact) mass is 434 g/mol. The minimum atomic E-state index is -0.538. The second-order valence-corrected chi connectivity index (χ2v) is 8.47. The summed E-state index contributed by atoms with van der Waals surface area (Å²) in [6, 6.07) is 11.6. The molecule has 1 atom stereocenters. The Morgan fingerprint density at radius 1 is 1.03 bits per heavy atom. The number of phenolic OH excluding ortho intramolecular Hbond substituents is 1. The van der Waals surface area contributed by atoms with Crippen LogP contribution in [0, 0.1) is 6.92 Å². The molecule has 2 aromatic carbocycles. The van der Waals surface area contributed by atoms with E-state index in [4.69, 9.17) is 9.15 Å². The normalized spacial score (nSPS) is 19.0. The third kappa shape index (κ3) is 3.67. The SMILES string of the molecule is Cc1ccc2oc3c(c(=O)c2c1)[C@H](c1ccc(O)cc1)N(CCCN1CCOCC1)C3=O. The predicted octanol–water partition coefficient (Wildman–Crippen LogP) is 3.07. The Bertz CT molecular complexity index is 1210. The average molecular weight is 434 g/mol. The Balaban J connectivity index is 1.53. The number of carbonyl (C=O) groups is 1. The van der Waals surface area contributed by atoms with Gasteiger partial charge < -0.3 is 19.2 Å². The molecule has 0 aliphatic carbocycles. The van der Waals surface area contributed by atoms with Crippen molar-refractivity contribution in [2.45, 2.75) is 19.4 Å². The van der Waals surface area contributed by atoms with Gasteiger partial charge in [-0.15, -0.1) is 0 Å². The third-order valence-corrected chi connectivity index (χ3v) is 6.31. The highest BCUT2D eigenvalue weighted by atomic mass is 16.5. The van der Waals surface area contributed by atoms with Gasteiger partial charge in [0.15, 0.2) is 5.43 Å². The smallest absolute Gasteiger partial charge is 0.290 e. The highest BCUT2D eigenvalue weighted by molar-refractivity contribution is 5.99. The first-order chi connectivity index (χ1) is 15.5. The van der Waals surface area contributed by atoms with E-state index in [0.717, 1.165) is 50.4 Å². The maximum atomic E-state index is 13.5. The van der Waals surface area contributed by atoms with Gasteiger partial charge in [-0.2, -0.15) is 0 Å². The van der Waals surface area contributed by atoms with Crippen molar-refractivity contribution in [2.75, 3.05) is 39.4 Å². The van der Waals surface area contributed by atoms with Gasteiger partial charge in [0.25, 0.3) is 5.91 Å². The quantitative estimate of drug-likeness (QED) is 0.665. The Morgan fingerprint density at radius 2 is 1.78 bits per heavy atom. The van der Waals surface area contributed by atoms with Gasteiger partial charge in [0, 0.05) is 26.2 Å². The van der Waals surface area contributed by atoms with E-state index >= 15 is 0 Å². The van der Waals surface area contributed by atoms with Crippen molar-refractivity contribution in [2.24, 2.45) is 0 Å². The summed E-state index contributed by atoms with van der Waals surface area (Å²) in [7, 11) is 0. The maximum absolute atomic E-state index is 13.5. The molecule has 7 nitrogen and oxygen atoms in total. The molecule has 1 aromatic heterocycles. The molecule has 5 rings (SSSR count). The Hall–Kier alpha value is -3.16. The molecule has 1 amide bonds. The number of aryl methyl sites for hydroxylation is 1. The van der Waals surface area contributed by atoms with Crippen molar-refractivity contribution in [1.82, 2.24) is 9.80 Å². The van der Waals surface area contributed by atoms with Gasteiger partial charge in [-0.1, -0.05) is 23.8 Å². The van der Waals surface area contributed by atoms with Crippen LogP contribution in [-0.4, -0.2) is 60.2 Å². The van der Waals surface area contributed by atoms with Crippen molar-refractivity contribution in [3.63, 3.8) is 0 Å². The zero-order valence-corrected chi connectivity index (χ0v) is 18.0. The highest BCUT2D eigenvalue weighted by Gasteiger charge is 2.42. The van der Waals surface area contributed by atoms with Crippen molar-refractivity contribution in [3.8, 4) is 5.75 Å². The molecule has 0 spiro atoms. The van der Waals surface area contributed by atoms with Gasteiger partial charge in [0.1, 0.15) is 11.3 Å². The molecule has 0 bridgehead atoms. The number of hydrogen-bond donors (Lipinski definition) is 1. The molecule has 3 aromatic rings. The van der Waals surface area contributed by atoms with Crippen LogP contribution in [0.1, 0.15) is 39.7 Å². The first kappa shape index (κ1) is 20.7. The summed E-state index contributed by atoms with van der Waals surface area (Å²) >= 11 is 0. The molecule has 0 saturated carbocycles. The van der Waals surface area contributed by atoms with Crippen LogP contribution in [-0.2, 0) is 4.74 Å². The molecule has 2 aliphatic heterocycles. The van der Waals surface area contributed by atoms with E-state index < -0.39 is 6.04 Å². The minimum Gasteiger partial charge on any atom is -0.508 e. The zero-order valence-electron chi connectivity index (χ0n) is 18.0. The van der Waals surface area contributed by atoms with Crippen LogP contribution >= 0.6 is 0 Å². The Labute approximate surface area is 185 Å². The van der Waals surface area contributed by atoms with E-state index in [1.54, 1.807) is 41.3 Å². The van der Waals surface area contributed by atoms with E-state index in [2.05, 4.69) is 4.90 Å². The predicted molar refractivity (Wildman–Crippen MR) is 120 cm³/mol. The molecule has 7 heteroatoms. The van der Waals surface area contributed by atoms with Crippen LogP contribution in [0.5, 0.6) is 5.75 Å². The summed E-state index contributed by atoms with van der Waals surface area (Å²) in [4.78, 5) is 31.0. The van der Waals surface area contributed by atoms with E-state index in [1.807, 2.05) is 13.0 Å². The lowest BCUT2D eigenvalue weighted by atomic mass is 9.98. The van der Waals surface area contributed by atoms with Crippen LogP contribution in [0.4, 0.5) is 0 Å². The molecule has 0 unspecified atom stereocenters. The molecule has 0 radical (unpaired) electrons. The number of benzene rings is 2. The topological polar surface area (TPSA) is 83.2 Å². The minimum absolute atomic E-state index is 0.121. The van der Waals surface area contributed by atoms with Crippen molar-refractivity contribution >= 4 is 16.9 Å². The van der Waals surface area contributed by atoms with Gasteiger partial charge in [0.2, 0.25) is 5.76 Å². The number of carbonyl (C=O) groups excluding carboxylic acids is 1. The number of morpholine rings is 1. The van der Waals surface area contributed by atoms with Crippen LogP contribution in [0.15, 0.2) is 51.7 Å². The second-order valence-electron chi connectivity index (χ2n) is 8.47. The first-order valence-electron chi connectivity index (χ1n) is 11.0. The summed E-state index contributed by atoms with van der Waals surface area (Å²) in [6.07, 6.45) is 0.779. The second kappa shape index (κ2) is 8.41. The third-order valence-electron chi connectivity index (χ3n) is 6.31. The summed E-state index contributed by atoms with van der Waals surface area (Å²) in [5.41, 5.74) is 2.36. The van der Waals surface area contributed by atoms with Gasteiger partial charge >= 0.3 is 0 Å². The van der Waals surface area contributed by atoms with Gasteiger partial charge in [-0.3, -0.25) is 14.5 Å². The van der Waals surface area contributed by atoms with Gasteiger partial charge in [-0.05, 0) is 43.2 Å². The molecule has 166 valence electrons. The highest BCUT2D eigenvalue weighted by Crippen LogP contribution is 2.38. The number of aromatic hydroxyl groups is 1. The lowest BCUT2D eigenvalue weighted by Crippen LogP contribution is -2.38. The number of ether oxygens (including phenoxy) is 1. The van der Waals surface area contributed by atoms with Gasteiger partial charge in [0.05, 0.1) is 30.2 Å². The number of fused-ring (bicyclic) bond motifs is 2. The largest absolute Gasteiger partial charge is 0.508 e. The van der Waals surface area contributed by atoms with Gasteiger partial charge in [-0.25, -0.2) is 0 Å². The molecular formula is C25H26N2O5. The number of phenols is 1. The molecule has 1 saturated heterocycles. The van der Waals surface area contributed by atoms with E-state index in [9.17, 15) is 14.7 Å². The number of hydrogen-bond acceptors (Lipinski definition) is 6. The lowest BCUT2D eigenvalue weighted by molar-refractivity contribution is 0.0353. The Morgan fingerprint density at radius 3 is 2.53 bits per heavy atom. The lowest BCUT2D eigenvalue weighted by Gasteiger charge is -2.29. The van der Waals surface area contributed by atoms with Crippen LogP contribution in [0.2, 0.25) is 0 Å². The molecule has 32 heavy (non-hydrogen) atoms. The summed E-state index contributed by atoms with van der Waals surface area (Å²) in [5, 5.41) is 10.2. The maximum Gasteiger partial charge on any atom is 0.290 e. The molecule has 2 aliphatic rings. The van der Waals surface area contributed by atoms with Crippen molar-refractivity contribution in [1.29, 1.82) is 0 Å². The summed E-state index contributed by atoms with van der Waals surface area (Å²) in [6.45, 7) is 6.52. The van der Waals surface area contributed by atoms with Crippen molar-refractivity contribution < 1.29 is 19.1 Å². The Kier molecular flexibility index (Phi) is 5.45. The van der Waals surface area contributed by atoms with E-state index in [1.165, 1.54) is 0 Å². The fourth-order valence-corrected chi connectivity index (χ4v) is 4.66. The standard InChI is InChI=1S/C25H26N2O5/c1-16-3-8-20-19(15-16)23(29)21-22(17-4-6-18(28)7-5-17)27(25(30)24(21)32-20)10-2-9-26-11-13-31-14-12-26/h3-8,15,22,28H,2,9-14H2,1H3/t22-/m0/s1.